The zero-order valence-corrected chi connectivity index (χ0v) is 15.7. The number of alkyl halides is 1. The van der Waals surface area contributed by atoms with E-state index in [4.69, 9.17) is 20.4 Å². The maximum absolute atomic E-state index is 13.8. The zero-order valence-electron chi connectivity index (χ0n) is 15.7. The molecule has 8 nitrogen and oxygen atoms in total. The molecule has 9 heteroatoms. The molecule has 1 aliphatic carbocycles. The third-order valence-corrected chi connectivity index (χ3v) is 5.87. The molecule has 2 N–H and O–H groups in total. The molecule has 0 radical (unpaired) electrons. The van der Waals surface area contributed by atoms with E-state index in [0.717, 1.165) is 55.1 Å². The molecule has 1 saturated carbocycles. The average Bonchev–Trinajstić information content (AvgIpc) is 3.34. The van der Waals surface area contributed by atoms with Gasteiger partial charge >= 0.3 is 0 Å². The lowest BCUT2D eigenvalue weighted by Crippen LogP contribution is -2.38. The minimum absolute atomic E-state index is 0.208. The van der Waals surface area contributed by atoms with Gasteiger partial charge in [-0.15, -0.1) is 0 Å². The van der Waals surface area contributed by atoms with Gasteiger partial charge in [-0.3, -0.25) is 0 Å². The number of nitrogens with two attached hydrogens (primary N) is 1. The average molecular weight is 385 g/mol. The summed E-state index contributed by atoms with van der Waals surface area (Å²) in [4.78, 5) is 22.5. The van der Waals surface area contributed by atoms with Crippen molar-refractivity contribution in [2.24, 2.45) is 0 Å². The first kappa shape index (κ1) is 17.5. The van der Waals surface area contributed by atoms with Gasteiger partial charge in [0.1, 0.15) is 12.0 Å². The van der Waals surface area contributed by atoms with Crippen LogP contribution in [0.25, 0.3) is 11.3 Å². The van der Waals surface area contributed by atoms with Crippen molar-refractivity contribution in [3.8, 4) is 11.3 Å². The largest absolute Gasteiger partial charge is 0.378 e. The number of halogens is 1. The van der Waals surface area contributed by atoms with E-state index in [2.05, 4.69) is 19.8 Å². The van der Waals surface area contributed by atoms with Gasteiger partial charge in [-0.1, -0.05) is 0 Å². The van der Waals surface area contributed by atoms with E-state index in [0.29, 0.717) is 32.0 Å². The van der Waals surface area contributed by atoms with Crippen molar-refractivity contribution in [1.29, 1.82) is 0 Å². The second kappa shape index (κ2) is 7.12. The smallest absolute Gasteiger partial charge is 0.228 e. The SMILES string of the molecule is Nc1ncc(-c2nc(N3CCOCC3)nc3c2CCN3C2CCC(F)C2)cn1. The minimum Gasteiger partial charge on any atom is -0.378 e. The predicted molar refractivity (Wildman–Crippen MR) is 104 cm³/mol. The third-order valence-electron chi connectivity index (χ3n) is 5.87. The second-order valence-electron chi connectivity index (χ2n) is 7.61. The van der Waals surface area contributed by atoms with Crippen molar-refractivity contribution < 1.29 is 9.13 Å². The maximum Gasteiger partial charge on any atom is 0.228 e. The fourth-order valence-electron chi connectivity index (χ4n) is 4.41. The fourth-order valence-corrected chi connectivity index (χ4v) is 4.41. The van der Waals surface area contributed by atoms with Gasteiger partial charge in [0.15, 0.2) is 0 Å². The van der Waals surface area contributed by atoms with Crippen LogP contribution in [0.3, 0.4) is 0 Å². The molecule has 0 aromatic carbocycles. The number of hydrogen-bond acceptors (Lipinski definition) is 8. The van der Waals surface area contributed by atoms with Crippen molar-refractivity contribution in [1.82, 2.24) is 19.9 Å². The molecule has 2 fully saturated rings. The van der Waals surface area contributed by atoms with Crippen molar-refractivity contribution in [2.75, 3.05) is 48.4 Å². The monoisotopic (exact) mass is 385 g/mol. The Balaban J connectivity index is 1.58. The summed E-state index contributed by atoms with van der Waals surface area (Å²) in [6.45, 7) is 3.68. The Morgan fingerprint density at radius 2 is 1.86 bits per heavy atom. The van der Waals surface area contributed by atoms with Crippen LogP contribution in [0.4, 0.5) is 22.1 Å². The Bertz CT molecular complexity index is 856. The summed E-state index contributed by atoms with van der Waals surface area (Å²) < 4.78 is 19.3. The molecule has 2 unspecified atom stereocenters. The summed E-state index contributed by atoms with van der Waals surface area (Å²) in [6.07, 6.45) is 5.64. The van der Waals surface area contributed by atoms with Gasteiger partial charge in [0.2, 0.25) is 11.9 Å². The van der Waals surface area contributed by atoms with Crippen molar-refractivity contribution in [2.45, 2.75) is 37.9 Å². The number of ether oxygens (including phenoxy) is 1. The van der Waals surface area contributed by atoms with Crippen LogP contribution >= 0.6 is 0 Å². The molecule has 148 valence electrons. The summed E-state index contributed by atoms with van der Waals surface area (Å²) in [7, 11) is 0. The Morgan fingerprint density at radius 1 is 1.07 bits per heavy atom. The third kappa shape index (κ3) is 3.13. The number of morpholine rings is 1. The highest BCUT2D eigenvalue weighted by molar-refractivity contribution is 5.72. The molecule has 0 amide bonds. The minimum atomic E-state index is -0.709. The van der Waals surface area contributed by atoms with E-state index in [9.17, 15) is 4.39 Å². The Labute approximate surface area is 163 Å². The molecule has 2 aliphatic heterocycles. The predicted octanol–water partition coefficient (Wildman–Crippen LogP) is 1.61. The molecule has 1 saturated heterocycles. The Hall–Kier alpha value is -2.55. The van der Waals surface area contributed by atoms with Gasteiger partial charge in [0.05, 0.1) is 18.9 Å². The number of aromatic nitrogens is 4. The molecule has 2 aromatic heterocycles. The summed E-state index contributed by atoms with van der Waals surface area (Å²) >= 11 is 0. The van der Waals surface area contributed by atoms with Gasteiger partial charge in [-0.2, -0.15) is 4.98 Å². The number of anilines is 3. The van der Waals surface area contributed by atoms with Crippen LogP contribution in [0, 0.1) is 0 Å². The lowest BCUT2D eigenvalue weighted by Gasteiger charge is -2.30. The van der Waals surface area contributed by atoms with E-state index in [1.165, 1.54) is 0 Å². The Morgan fingerprint density at radius 3 is 2.57 bits per heavy atom. The number of rotatable bonds is 3. The lowest BCUT2D eigenvalue weighted by molar-refractivity contribution is 0.122. The lowest BCUT2D eigenvalue weighted by atomic mass is 10.1. The summed E-state index contributed by atoms with van der Waals surface area (Å²) in [5.41, 5.74) is 8.43. The number of fused-ring (bicyclic) bond motifs is 1. The molecular formula is C19H24FN7O. The highest BCUT2D eigenvalue weighted by Gasteiger charge is 2.36. The highest BCUT2D eigenvalue weighted by Crippen LogP contribution is 2.39. The van der Waals surface area contributed by atoms with Gasteiger partial charge in [0, 0.05) is 49.2 Å². The van der Waals surface area contributed by atoms with Gasteiger partial charge in [-0.05, 0) is 25.7 Å². The van der Waals surface area contributed by atoms with Crippen LogP contribution in [0.1, 0.15) is 24.8 Å². The van der Waals surface area contributed by atoms with Crippen LogP contribution < -0.4 is 15.5 Å². The van der Waals surface area contributed by atoms with Crippen molar-refractivity contribution in [3.63, 3.8) is 0 Å². The molecule has 28 heavy (non-hydrogen) atoms. The molecule has 5 rings (SSSR count). The summed E-state index contributed by atoms with van der Waals surface area (Å²) in [6, 6.07) is 0.208. The van der Waals surface area contributed by atoms with Gasteiger partial charge in [-0.25, -0.2) is 19.3 Å². The van der Waals surface area contributed by atoms with Crippen LogP contribution in [-0.2, 0) is 11.2 Å². The maximum atomic E-state index is 13.8. The molecule has 0 bridgehead atoms. The molecular weight excluding hydrogens is 361 g/mol. The van der Waals surface area contributed by atoms with E-state index in [-0.39, 0.29) is 12.0 Å². The van der Waals surface area contributed by atoms with Crippen molar-refractivity contribution in [3.05, 3.63) is 18.0 Å². The van der Waals surface area contributed by atoms with Crippen LogP contribution in [0.5, 0.6) is 0 Å². The molecule has 4 heterocycles. The first-order valence-electron chi connectivity index (χ1n) is 9.91. The first-order valence-corrected chi connectivity index (χ1v) is 9.91. The molecule has 3 aliphatic rings. The number of nitrogen functional groups attached to an aromatic ring is 1. The van der Waals surface area contributed by atoms with E-state index in [1.54, 1.807) is 12.4 Å². The quantitative estimate of drug-likeness (QED) is 0.852. The highest BCUT2D eigenvalue weighted by atomic mass is 19.1. The van der Waals surface area contributed by atoms with Crippen LogP contribution in [-0.4, -0.2) is 65.0 Å². The first-order chi connectivity index (χ1) is 13.7. The second-order valence-corrected chi connectivity index (χ2v) is 7.61. The standard InChI is InChI=1S/C19H24FN7O/c20-13-1-2-14(9-13)27-4-3-15-16(12-10-22-18(21)23-11-12)24-19(25-17(15)27)26-5-7-28-8-6-26/h10-11,13-14H,1-9H2,(H2,21,22,23). The van der Waals surface area contributed by atoms with Crippen molar-refractivity contribution >= 4 is 17.7 Å². The summed E-state index contributed by atoms with van der Waals surface area (Å²) in [5, 5.41) is 0. The van der Waals surface area contributed by atoms with Crippen LogP contribution in [0.2, 0.25) is 0 Å². The van der Waals surface area contributed by atoms with Crippen LogP contribution in [0.15, 0.2) is 12.4 Å². The number of hydrogen-bond donors (Lipinski definition) is 1. The normalized spacial score (nSPS) is 24.6. The van der Waals surface area contributed by atoms with E-state index >= 15 is 0 Å². The van der Waals surface area contributed by atoms with E-state index < -0.39 is 6.17 Å². The Kier molecular flexibility index (Phi) is 4.46. The van der Waals surface area contributed by atoms with Gasteiger partial charge < -0.3 is 20.3 Å². The zero-order chi connectivity index (χ0) is 19.1. The molecule has 2 atom stereocenters. The topological polar surface area (TPSA) is 93.3 Å². The molecule has 0 spiro atoms. The number of nitrogens with zero attached hydrogens (tertiary/aromatic N) is 6. The summed E-state index contributed by atoms with van der Waals surface area (Å²) in [5.74, 6) is 1.86. The fraction of sp³-hybridized carbons (Fsp3) is 0.579. The van der Waals surface area contributed by atoms with E-state index in [1.807, 2.05) is 0 Å². The van der Waals surface area contributed by atoms with Gasteiger partial charge in [0.25, 0.3) is 0 Å². The molecule has 2 aromatic rings.